The van der Waals surface area contributed by atoms with E-state index < -0.39 is 0 Å². The van der Waals surface area contributed by atoms with Crippen LogP contribution in [0.25, 0.3) is 22.2 Å². The fraction of sp³-hybridized carbons (Fsp3) is 0.381. The summed E-state index contributed by atoms with van der Waals surface area (Å²) in [6, 6.07) is 6.62. The maximum absolute atomic E-state index is 13.9. The average molecular weight is 366 g/mol. The van der Waals surface area contributed by atoms with Gasteiger partial charge in [0.05, 0.1) is 23.0 Å². The molecule has 0 spiro atoms. The van der Waals surface area contributed by atoms with Crippen molar-refractivity contribution in [2.45, 2.75) is 45.7 Å². The number of halogens is 1. The van der Waals surface area contributed by atoms with Gasteiger partial charge in [0.15, 0.2) is 0 Å². The molecule has 0 N–H and O–H groups in total. The van der Waals surface area contributed by atoms with Gasteiger partial charge >= 0.3 is 0 Å². The van der Waals surface area contributed by atoms with E-state index in [0.717, 1.165) is 24.9 Å². The van der Waals surface area contributed by atoms with Crippen molar-refractivity contribution >= 4 is 16.8 Å². The van der Waals surface area contributed by atoms with E-state index in [1.807, 2.05) is 15.8 Å². The summed E-state index contributed by atoms with van der Waals surface area (Å²) in [6.07, 6.45) is 5.68. The second kappa shape index (κ2) is 6.76. The molecule has 1 aromatic carbocycles. The first kappa shape index (κ1) is 17.6. The second-order valence-electron chi connectivity index (χ2n) is 7.51. The number of rotatable bonds is 3. The van der Waals surface area contributed by atoms with Gasteiger partial charge in [-0.2, -0.15) is 5.10 Å². The minimum atomic E-state index is -0.367. The summed E-state index contributed by atoms with van der Waals surface area (Å²) in [6.45, 7) is 6.90. The minimum absolute atomic E-state index is 0.0597. The van der Waals surface area contributed by atoms with Crippen molar-refractivity contribution in [3.63, 3.8) is 0 Å². The van der Waals surface area contributed by atoms with E-state index >= 15 is 0 Å². The lowest BCUT2D eigenvalue weighted by Crippen LogP contribution is -2.33. The van der Waals surface area contributed by atoms with Gasteiger partial charge in [0.25, 0.3) is 5.91 Å². The number of hydrogen-bond acceptors (Lipinski definition) is 3. The second-order valence-corrected chi connectivity index (χ2v) is 7.51. The summed E-state index contributed by atoms with van der Waals surface area (Å²) >= 11 is 0. The molecule has 0 saturated carbocycles. The molecular formula is C21H23FN4O. The van der Waals surface area contributed by atoms with E-state index in [1.165, 1.54) is 12.1 Å². The first-order valence-corrected chi connectivity index (χ1v) is 9.40. The van der Waals surface area contributed by atoms with E-state index in [0.29, 0.717) is 22.2 Å². The number of pyridine rings is 1. The number of aromatic nitrogens is 3. The van der Waals surface area contributed by atoms with Crippen LogP contribution in [-0.2, 0) is 0 Å². The number of carbonyl (C=O) groups is 1. The van der Waals surface area contributed by atoms with Crippen molar-refractivity contribution in [1.29, 1.82) is 0 Å². The number of likely N-dealkylation sites (tertiary alicyclic amines) is 1. The third kappa shape index (κ3) is 3.20. The molecule has 2 aromatic heterocycles. The van der Waals surface area contributed by atoms with Gasteiger partial charge < -0.3 is 4.90 Å². The normalized spacial score (nSPS) is 17.2. The molecule has 5 nitrogen and oxygen atoms in total. The Kier molecular flexibility index (Phi) is 4.42. The molecule has 1 aliphatic rings. The van der Waals surface area contributed by atoms with Gasteiger partial charge in [0, 0.05) is 35.8 Å². The molecule has 1 saturated heterocycles. The van der Waals surface area contributed by atoms with Crippen molar-refractivity contribution in [2.24, 2.45) is 0 Å². The van der Waals surface area contributed by atoms with Gasteiger partial charge in [0.2, 0.25) is 0 Å². The Morgan fingerprint density at radius 3 is 2.78 bits per heavy atom. The predicted molar refractivity (Wildman–Crippen MR) is 103 cm³/mol. The van der Waals surface area contributed by atoms with Gasteiger partial charge in [-0.25, -0.2) is 9.37 Å². The SMILES string of the molecule is CC(C)n1cc(-c2cc(C(=O)N3CCC[C@@H]3C)c3cc(F)ccc3n2)cn1. The summed E-state index contributed by atoms with van der Waals surface area (Å²) in [5, 5.41) is 4.93. The van der Waals surface area contributed by atoms with Crippen LogP contribution in [0.4, 0.5) is 4.39 Å². The number of hydrogen-bond donors (Lipinski definition) is 0. The molecule has 0 aliphatic carbocycles. The van der Waals surface area contributed by atoms with E-state index in [9.17, 15) is 9.18 Å². The molecule has 0 unspecified atom stereocenters. The summed E-state index contributed by atoms with van der Waals surface area (Å²) in [4.78, 5) is 19.8. The number of fused-ring (bicyclic) bond motifs is 1. The number of carbonyl (C=O) groups excluding carboxylic acids is 1. The lowest BCUT2D eigenvalue weighted by atomic mass is 10.0. The Hall–Kier alpha value is -2.76. The van der Waals surface area contributed by atoms with E-state index in [-0.39, 0.29) is 23.8 Å². The van der Waals surface area contributed by atoms with Crippen molar-refractivity contribution in [3.8, 4) is 11.3 Å². The first-order valence-electron chi connectivity index (χ1n) is 9.40. The Morgan fingerprint density at radius 2 is 2.11 bits per heavy atom. The fourth-order valence-corrected chi connectivity index (χ4v) is 3.67. The molecule has 0 bridgehead atoms. The maximum atomic E-state index is 13.9. The lowest BCUT2D eigenvalue weighted by molar-refractivity contribution is 0.0749. The number of nitrogens with zero attached hydrogens (tertiary/aromatic N) is 4. The topological polar surface area (TPSA) is 51.0 Å². The summed E-state index contributed by atoms with van der Waals surface area (Å²) in [7, 11) is 0. The molecule has 1 amide bonds. The molecular weight excluding hydrogens is 343 g/mol. The Balaban J connectivity index is 1.87. The number of benzene rings is 1. The van der Waals surface area contributed by atoms with Crippen LogP contribution >= 0.6 is 0 Å². The standard InChI is InChI=1S/C21H23FN4O/c1-13(2)26-12-15(11-23-26)20-10-18(21(27)25-8-4-5-14(25)3)17-9-16(22)6-7-19(17)24-20/h6-7,9-14H,4-5,8H2,1-3H3/t14-/m0/s1. The van der Waals surface area contributed by atoms with Gasteiger partial charge in [-0.15, -0.1) is 0 Å². The highest BCUT2D eigenvalue weighted by Crippen LogP contribution is 2.29. The van der Waals surface area contributed by atoms with Crippen LogP contribution in [0, 0.1) is 5.82 Å². The third-order valence-electron chi connectivity index (χ3n) is 5.24. The van der Waals surface area contributed by atoms with Crippen LogP contribution < -0.4 is 0 Å². The zero-order valence-electron chi connectivity index (χ0n) is 15.8. The molecule has 3 aromatic rings. The maximum Gasteiger partial charge on any atom is 0.254 e. The van der Waals surface area contributed by atoms with Crippen molar-refractivity contribution < 1.29 is 9.18 Å². The third-order valence-corrected chi connectivity index (χ3v) is 5.24. The smallest absolute Gasteiger partial charge is 0.254 e. The Morgan fingerprint density at radius 1 is 1.30 bits per heavy atom. The van der Waals surface area contributed by atoms with Crippen molar-refractivity contribution in [2.75, 3.05) is 6.54 Å². The Labute approximate surface area is 157 Å². The monoisotopic (exact) mass is 366 g/mol. The average Bonchev–Trinajstić information content (AvgIpc) is 3.29. The van der Waals surface area contributed by atoms with E-state index in [1.54, 1.807) is 18.3 Å². The zero-order valence-corrected chi connectivity index (χ0v) is 15.8. The quantitative estimate of drug-likeness (QED) is 0.688. The molecule has 0 radical (unpaired) electrons. The molecule has 1 aliphatic heterocycles. The van der Waals surface area contributed by atoms with Crippen LogP contribution in [0.5, 0.6) is 0 Å². The summed E-state index contributed by atoms with van der Waals surface area (Å²) < 4.78 is 15.7. The van der Waals surface area contributed by atoms with Crippen molar-refractivity contribution in [1.82, 2.24) is 19.7 Å². The highest BCUT2D eigenvalue weighted by atomic mass is 19.1. The largest absolute Gasteiger partial charge is 0.336 e. The van der Waals surface area contributed by atoms with Crippen LogP contribution in [0.3, 0.4) is 0 Å². The molecule has 3 heterocycles. The summed E-state index contributed by atoms with van der Waals surface area (Å²) in [5.41, 5.74) is 2.64. The minimum Gasteiger partial charge on any atom is -0.336 e. The zero-order chi connectivity index (χ0) is 19.1. The first-order chi connectivity index (χ1) is 12.9. The number of amides is 1. The molecule has 1 fully saturated rings. The van der Waals surface area contributed by atoms with Crippen LogP contribution in [0.1, 0.15) is 50.0 Å². The molecule has 27 heavy (non-hydrogen) atoms. The molecule has 6 heteroatoms. The highest BCUT2D eigenvalue weighted by molar-refractivity contribution is 6.07. The Bertz CT molecular complexity index is 1010. The molecule has 1 atom stereocenters. The van der Waals surface area contributed by atoms with E-state index in [4.69, 9.17) is 0 Å². The van der Waals surface area contributed by atoms with Crippen LogP contribution in [0.15, 0.2) is 36.7 Å². The van der Waals surface area contributed by atoms with Crippen LogP contribution in [-0.4, -0.2) is 38.2 Å². The van der Waals surface area contributed by atoms with Gasteiger partial charge in [-0.05, 0) is 57.9 Å². The lowest BCUT2D eigenvalue weighted by Gasteiger charge is -2.22. The van der Waals surface area contributed by atoms with Crippen LogP contribution in [0.2, 0.25) is 0 Å². The van der Waals surface area contributed by atoms with Crippen molar-refractivity contribution in [3.05, 3.63) is 48.0 Å². The summed E-state index contributed by atoms with van der Waals surface area (Å²) in [5.74, 6) is -0.427. The van der Waals surface area contributed by atoms with Gasteiger partial charge in [-0.3, -0.25) is 9.48 Å². The predicted octanol–water partition coefficient (Wildman–Crippen LogP) is 4.44. The molecule has 4 rings (SSSR count). The highest BCUT2D eigenvalue weighted by Gasteiger charge is 2.28. The van der Waals surface area contributed by atoms with Gasteiger partial charge in [-0.1, -0.05) is 0 Å². The van der Waals surface area contributed by atoms with E-state index in [2.05, 4.69) is 30.9 Å². The van der Waals surface area contributed by atoms with Gasteiger partial charge in [0.1, 0.15) is 5.82 Å². The molecule has 140 valence electrons. The fourth-order valence-electron chi connectivity index (χ4n) is 3.67.